The van der Waals surface area contributed by atoms with E-state index in [2.05, 4.69) is 5.32 Å². The first-order valence-corrected chi connectivity index (χ1v) is 10.1. The van der Waals surface area contributed by atoms with Crippen LogP contribution in [-0.4, -0.2) is 59.1 Å². The second-order valence-corrected chi connectivity index (χ2v) is 7.97. The topological polar surface area (TPSA) is 90.0 Å². The van der Waals surface area contributed by atoms with Crippen molar-refractivity contribution in [2.45, 2.75) is 18.3 Å². The molecule has 7 nitrogen and oxygen atoms in total. The first-order chi connectivity index (χ1) is 15.8. The highest BCUT2D eigenvalue weighted by molar-refractivity contribution is 6.30. The smallest absolute Gasteiger partial charge is 0.475 e. The summed E-state index contributed by atoms with van der Waals surface area (Å²) in [7, 11) is 0. The molecule has 2 saturated heterocycles. The lowest BCUT2D eigenvalue weighted by atomic mass is 9.85. The molecule has 2 aromatic carbocycles. The number of hydrogen-bond donors (Lipinski definition) is 2. The van der Waals surface area contributed by atoms with Crippen LogP contribution in [-0.2, 0) is 20.9 Å². The Kier molecular flexibility index (Phi) is 7.13. The van der Waals surface area contributed by atoms with Crippen LogP contribution in [0.25, 0.3) is 0 Å². The van der Waals surface area contributed by atoms with E-state index in [0.29, 0.717) is 11.1 Å². The molecule has 2 aliphatic heterocycles. The van der Waals surface area contributed by atoms with Gasteiger partial charge in [-0.15, -0.1) is 0 Å². The molecular formula is C21H17ClF5N3O4. The highest BCUT2D eigenvalue weighted by atomic mass is 35.5. The lowest BCUT2D eigenvalue weighted by Gasteiger charge is -2.54. The number of piperazine rings is 1. The Hall–Kier alpha value is -3.25. The summed E-state index contributed by atoms with van der Waals surface area (Å²) in [6.45, 7) is 0.523. The van der Waals surface area contributed by atoms with E-state index in [1.165, 1.54) is 11.0 Å². The normalized spacial score (nSPS) is 17.2. The number of aliphatic carboxylic acids is 1. The number of benzene rings is 2. The number of anilines is 1. The summed E-state index contributed by atoms with van der Waals surface area (Å²) in [5.41, 5.74) is -0.323. The van der Waals surface area contributed by atoms with Crippen molar-refractivity contribution in [1.82, 2.24) is 10.2 Å². The summed E-state index contributed by atoms with van der Waals surface area (Å²) >= 11 is 5.90. The molecule has 2 fully saturated rings. The third kappa shape index (κ3) is 5.12. The Morgan fingerprint density at radius 2 is 1.68 bits per heavy atom. The Bertz CT molecular complexity index is 1110. The molecule has 0 atom stereocenters. The van der Waals surface area contributed by atoms with Gasteiger partial charge < -0.3 is 15.3 Å². The lowest BCUT2D eigenvalue weighted by Crippen LogP contribution is -2.80. The van der Waals surface area contributed by atoms with Gasteiger partial charge in [0.1, 0.15) is 23.7 Å². The first kappa shape index (κ1) is 25.4. The van der Waals surface area contributed by atoms with E-state index < -0.39 is 29.3 Å². The van der Waals surface area contributed by atoms with Crippen LogP contribution in [0.4, 0.5) is 27.6 Å². The standard InChI is InChI=1S/C19H16ClF2N3O2.C2HF3O2/c20-13-3-1-12(2-4-13)8-25-17(26)9-24(18(27)19(25)10-23-11-19)16-6-5-14(21)7-15(16)22;3-2(4,5)1(6)7/h1-7,23H,8-11H2;(H,6,7). The van der Waals surface area contributed by atoms with E-state index >= 15 is 0 Å². The van der Waals surface area contributed by atoms with Gasteiger partial charge in [-0.05, 0) is 29.8 Å². The average Bonchev–Trinajstić information content (AvgIpc) is 2.71. The fourth-order valence-corrected chi connectivity index (χ4v) is 3.63. The van der Waals surface area contributed by atoms with Crippen molar-refractivity contribution in [3.05, 3.63) is 64.7 Å². The number of carboxylic acids is 1. The van der Waals surface area contributed by atoms with Crippen molar-refractivity contribution in [3.63, 3.8) is 0 Å². The van der Waals surface area contributed by atoms with Crippen LogP contribution in [0, 0.1) is 11.6 Å². The second-order valence-electron chi connectivity index (χ2n) is 7.53. The molecule has 13 heteroatoms. The van der Waals surface area contributed by atoms with Gasteiger partial charge in [-0.25, -0.2) is 13.6 Å². The van der Waals surface area contributed by atoms with Crippen LogP contribution in [0.2, 0.25) is 5.02 Å². The average molecular weight is 506 g/mol. The van der Waals surface area contributed by atoms with Crippen LogP contribution in [0.3, 0.4) is 0 Å². The quantitative estimate of drug-likeness (QED) is 0.626. The van der Waals surface area contributed by atoms with E-state index in [4.69, 9.17) is 21.5 Å². The molecule has 2 N–H and O–H groups in total. The number of amides is 2. The number of carbonyl (C=O) groups excluding carboxylic acids is 2. The predicted octanol–water partition coefficient (Wildman–Crippen LogP) is 2.97. The largest absolute Gasteiger partial charge is 0.490 e. The minimum atomic E-state index is -5.08. The molecule has 2 heterocycles. The van der Waals surface area contributed by atoms with E-state index in [1.54, 1.807) is 24.3 Å². The van der Waals surface area contributed by atoms with Gasteiger partial charge in [-0.2, -0.15) is 13.2 Å². The van der Waals surface area contributed by atoms with E-state index in [9.17, 15) is 31.5 Å². The molecule has 0 unspecified atom stereocenters. The Labute approximate surface area is 194 Å². The SMILES string of the molecule is O=C(O)C(F)(F)F.O=C1CN(c2ccc(F)cc2F)C(=O)C2(CNC2)N1Cc1ccc(Cl)cc1. The number of hydrogen-bond acceptors (Lipinski definition) is 4. The lowest BCUT2D eigenvalue weighted by molar-refractivity contribution is -0.192. The number of nitrogens with zero attached hydrogens (tertiary/aromatic N) is 2. The molecule has 2 aliphatic rings. The molecule has 0 aliphatic carbocycles. The minimum Gasteiger partial charge on any atom is -0.475 e. The molecule has 182 valence electrons. The number of nitrogens with one attached hydrogen (secondary N) is 1. The Balaban J connectivity index is 0.000000406. The van der Waals surface area contributed by atoms with Crippen LogP contribution in [0.15, 0.2) is 42.5 Å². The molecular weight excluding hydrogens is 489 g/mol. The molecule has 2 aromatic rings. The number of halogens is 6. The minimum absolute atomic E-state index is 0.0906. The summed E-state index contributed by atoms with van der Waals surface area (Å²) < 4.78 is 59.2. The van der Waals surface area contributed by atoms with Crippen LogP contribution in [0.1, 0.15) is 5.56 Å². The van der Waals surface area contributed by atoms with Crippen LogP contribution in [0.5, 0.6) is 0 Å². The summed E-state index contributed by atoms with van der Waals surface area (Å²) in [4.78, 5) is 37.6. The van der Waals surface area contributed by atoms with Crippen molar-refractivity contribution in [2.75, 3.05) is 24.5 Å². The van der Waals surface area contributed by atoms with Crippen LogP contribution >= 0.6 is 11.6 Å². The summed E-state index contributed by atoms with van der Waals surface area (Å²) in [6, 6.07) is 10.0. The van der Waals surface area contributed by atoms with Gasteiger partial charge in [-0.3, -0.25) is 14.5 Å². The summed E-state index contributed by atoms with van der Waals surface area (Å²) in [6.07, 6.45) is -5.08. The van der Waals surface area contributed by atoms with Gasteiger partial charge in [0.2, 0.25) is 5.91 Å². The fraction of sp³-hybridized carbons (Fsp3) is 0.286. The van der Waals surface area contributed by atoms with E-state index in [-0.39, 0.29) is 43.7 Å². The molecule has 1 spiro atoms. The third-order valence-corrected chi connectivity index (χ3v) is 5.54. The monoisotopic (exact) mass is 505 g/mol. The number of rotatable bonds is 3. The molecule has 0 bridgehead atoms. The van der Waals surface area contributed by atoms with Crippen molar-refractivity contribution in [3.8, 4) is 0 Å². The van der Waals surface area contributed by atoms with Crippen molar-refractivity contribution >= 4 is 35.1 Å². The molecule has 34 heavy (non-hydrogen) atoms. The zero-order valence-electron chi connectivity index (χ0n) is 17.2. The molecule has 4 rings (SSSR count). The second kappa shape index (κ2) is 9.55. The first-order valence-electron chi connectivity index (χ1n) is 9.68. The highest BCUT2D eigenvalue weighted by Crippen LogP contribution is 2.33. The molecule has 0 saturated carbocycles. The number of carboxylic acid groups (broad SMARTS) is 1. The Morgan fingerprint density at radius 1 is 1.09 bits per heavy atom. The molecule has 2 amide bonds. The van der Waals surface area contributed by atoms with Gasteiger partial charge in [0.05, 0.1) is 5.69 Å². The van der Waals surface area contributed by atoms with Crippen LogP contribution < -0.4 is 10.2 Å². The van der Waals surface area contributed by atoms with Crippen molar-refractivity contribution < 1.29 is 41.4 Å². The van der Waals surface area contributed by atoms with Gasteiger partial charge in [-0.1, -0.05) is 23.7 Å². The van der Waals surface area contributed by atoms with E-state index in [1.807, 2.05) is 0 Å². The molecule has 0 radical (unpaired) electrons. The maximum Gasteiger partial charge on any atom is 0.490 e. The van der Waals surface area contributed by atoms with Gasteiger partial charge in [0.25, 0.3) is 5.91 Å². The van der Waals surface area contributed by atoms with Gasteiger partial charge in [0.15, 0.2) is 0 Å². The van der Waals surface area contributed by atoms with Gasteiger partial charge >= 0.3 is 12.1 Å². The number of carbonyl (C=O) groups is 3. The summed E-state index contributed by atoms with van der Waals surface area (Å²) in [5.74, 6) is -5.04. The highest BCUT2D eigenvalue weighted by Gasteiger charge is 2.56. The maximum atomic E-state index is 14.2. The molecule has 0 aromatic heterocycles. The Morgan fingerprint density at radius 3 is 2.15 bits per heavy atom. The fourth-order valence-electron chi connectivity index (χ4n) is 3.51. The van der Waals surface area contributed by atoms with Crippen molar-refractivity contribution in [1.29, 1.82) is 0 Å². The zero-order valence-corrected chi connectivity index (χ0v) is 18.0. The predicted molar refractivity (Wildman–Crippen MR) is 110 cm³/mol. The van der Waals surface area contributed by atoms with Gasteiger partial charge in [0, 0.05) is 30.7 Å². The third-order valence-electron chi connectivity index (χ3n) is 5.29. The number of alkyl halides is 3. The summed E-state index contributed by atoms with van der Waals surface area (Å²) in [5, 5.41) is 10.7. The maximum absolute atomic E-state index is 14.2. The van der Waals surface area contributed by atoms with Crippen molar-refractivity contribution in [2.24, 2.45) is 0 Å². The van der Waals surface area contributed by atoms with E-state index in [0.717, 1.165) is 16.5 Å². The zero-order chi connectivity index (χ0) is 25.3.